The first-order valence-corrected chi connectivity index (χ1v) is 8.28. The predicted molar refractivity (Wildman–Crippen MR) is 108 cm³/mol. The largest absolute Gasteiger partial charge is 0.354 e. The highest BCUT2D eigenvalue weighted by atomic mass is 35.5. The van der Waals surface area contributed by atoms with Crippen LogP contribution in [0.1, 0.15) is 31.1 Å². The zero-order valence-electron chi connectivity index (χ0n) is 15.5. The van der Waals surface area contributed by atoms with Crippen LogP contribution >= 0.6 is 24.8 Å². The van der Waals surface area contributed by atoms with Crippen LogP contribution in [0.15, 0.2) is 18.3 Å². The number of anilines is 1. The second kappa shape index (κ2) is 10.2. The number of carbonyl (C=O) groups excluding carboxylic acids is 1. The molecular weight excluding hydrogens is 361 g/mol. The van der Waals surface area contributed by atoms with Crippen LogP contribution in [0.4, 0.5) is 5.82 Å². The number of halogens is 2. The molecule has 2 rings (SSSR count). The van der Waals surface area contributed by atoms with Crippen LogP contribution in [0.2, 0.25) is 0 Å². The van der Waals surface area contributed by atoms with Crippen molar-refractivity contribution < 1.29 is 4.79 Å². The second-order valence-electron chi connectivity index (χ2n) is 6.92. The first-order valence-electron chi connectivity index (χ1n) is 8.28. The van der Waals surface area contributed by atoms with Gasteiger partial charge in [-0.1, -0.05) is 13.8 Å². The van der Waals surface area contributed by atoms with Crippen LogP contribution in [0.3, 0.4) is 0 Å². The number of nitrogens with two attached hydrogens (primary N) is 1. The number of carbonyl (C=O) groups is 1. The first kappa shape index (κ1) is 23.9. The number of piperazine rings is 1. The van der Waals surface area contributed by atoms with E-state index >= 15 is 0 Å². The molecule has 3 N–H and O–H groups in total. The standard InChI is InChI=1S/C17H29N5O.2ClH/c1-13(2)17(3,12-18)20-16(23)14-5-6-19-15(11-14)22-9-7-21(4)8-10-22;;/h5-6,11,13H,7-10,12,18H2,1-4H3,(H,20,23);2*1H. The number of pyridine rings is 1. The van der Waals surface area contributed by atoms with Gasteiger partial charge in [-0.15, -0.1) is 24.8 Å². The number of likely N-dealkylation sites (N-methyl/N-ethyl adjacent to an activating group) is 1. The van der Waals surface area contributed by atoms with Gasteiger partial charge in [0.05, 0.1) is 5.54 Å². The Morgan fingerprint density at radius 1 is 1.32 bits per heavy atom. The van der Waals surface area contributed by atoms with E-state index in [1.165, 1.54) is 0 Å². The van der Waals surface area contributed by atoms with Gasteiger partial charge in [0, 0.05) is 44.5 Å². The van der Waals surface area contributed by atoms with Gasteiger partial charge in [-0.05, 0) is 32.0 Å². The summed E-state index contributed by atoms with van der Waals surface area (Å²) in [6, 6.07) is 3.63. The van der Waals surface area contributed by atoms with Gasteiger partial charge in [0.25, 0.3) is 5.91 Å². The summed E-state index contributed by atoms with van der Waals surface area (Å²) in [5.74, 6) is 1.03. The smallest absolute Gasteiger partial charge is 0.251 e. The number of amides is 1. The van der Waals surface area contributed by atoms with E-state index in [1.54, 1.807) is 12.3 Å². The lowest BCUT2D eigenvalue weighted by Gasteiger charge is -2.34. The lowest BCUT2D eigenvalue weighted by Crippen LogP contribution is -2.55. The average molecular weight is 392 g/mol. The van der Waals surface area contributed by atoms with E-state index < -0.39 is 5.54 Å². The van der Waals surface area contributed by atoms with Gasteiger partial charge >= 0.3 is 0 Å². The molecule has 1 aromatic rings. The molecule has 25 heavy (non-hydrogen) atoms. The Morgan fingerprint density at radius 3 is 2.44 bits per heavy atom. The Balaban J connectivity index is 0.00000288. The summed E-state index contributed by atoms with van der Waals surface area (Å²) in [5.41, 5.74) is 6.08. The number of nitrogens with zero attached hydrogens (tertiary/aromatic N) is 3. The van der Waals surface area contributed by atoms with Crippen molar-refractivity contribution in [3.8, 4) is 0 Å². The predicted octanol–water partition coefficient (Wildman–Crippen LogP) is 1.78. The van der Waals surface area contributed by atoms with E-state index in [1.807, 2.05) is 13.0 Å². The van der Waals surface area contributed by atoms with E-state index in [0.717, 1.165) is 32.0 Å². The molecule has 6 nitrogen and oxygen atoms in total. The van der Waals surface area contributed by atoms with Crippen LogP contribution in [-0.4, -0.2) is 61.1 Å². The van der Waals surface area contributed by atoms with E-state index in [0.29, 0.717) is 12.1 Å². The van der Waals surface area contributed by atoms with Crippen molar-refractivity contribution in [2.45, 2.75) is 26.3 Å². The molecule has 0 saturated carbocycles. The van der Waals surface area contributed by atoms with Gasteiger partial charge in [0.1, 0.15) is 5.82 Å². The maximum absolute atomic E-state index is 12.6. The monoisotopic (exact) mass is 391 g/mol. The Kier molecular flexibility index (Phi) is 9.72. The Morgan fingerprint density at radius 2 is 1.92 bits per heavy atom. The van der Waals surface area contributed by atoms with Gasteiger partial charge in [-0.2, -0.15) is 0 Å². The topological polar surface area (TPSA) is 74.5 Å². The summed E-state index contributed by atoms with van der Waals surface area (Å²) in [4.78, 5) is 21.5. The minimum atomic E-state index is -0.408. The van der Waals surface area contributed by atoms with Gasteiger partial charge in [0.15, 0.2) is 0 Å². The van der Waals surface area contributed by atoms with Crippen LogP contribution in [-0.2, 0) is 0 Å². The molecule has 0 spiro atoms. The van der Waals surface area contributed by atoms with Gasteiger partial charge in [0.2, 0.25) is 0 Å². The van der Waals surface area contributed by atoms with E-state index in [2.05, 4.69) is 41.0 Å². The fraction of sp³-hybridized carbons (Fsp3) is 0.647. The summed E-state index contributed by atoms with van der Waals surface area (Å²) >= 11 is 0. The molecule has 144 valence electrons. The van der Waals surface area contributed by atoms with Gasteiger partial charge < -0.3 is 20.9 Å². The highest BCUT2D eigenvalue weighted by Crippen LogP contribution is 2.18. The van der Waals surface area contributed by atoms with Crippen molar-refractivity contribution in [1.82, 2.24) is 15.2 Å². The van der Waals surface area contributed by atoms with Crippen LogP contribution in [0.5, 0.6) is 0 Å². The zero-order chi connectivity index (χ0) is 17.0. The third kappa shape index (κ3) is 5.99. The molecular formula is C17H31Cl2N5O. The maximum atomic E-state index is 12.6. The normalized spacial score (nSPS) is 17.3. The van der Waals surface area contributed by atoms with Crippen molar-refractivity contribution in [1.29, 1.82) is 0 Å². The van der Waals surface area contributed by atoms with Gasteiger partial charge in [-0.25, -0.2) is 4.98 Å². The van der Waals surface area contributed by atoms with Crippen molar-refractivity contribution in [3.63, 3.8) is 0 Å². The van der Waals surface area contributed by atoms with Crippen molar-refractivity contribution >= 4 is 36.5 Å². The van der Waals surface area contributed by atoms with E-state index in [-0.39, 0.29) is 36.6 Å². The number of hydrogen-bond donors (Lipinski definition) is 2. The second-order valence-corrected chi connectivity index (χ2v) is 6.92. The molecule has 0 bridgehead atoms. The zero-order valence-corrected chi connectivity index (χ0v) is 17.1. The number of rotatable bonds is 5. The molecule has 0 aliphatic carbocycles. The molecule has 0 aromatic carbocycles. The highest BCUT2D eigenvalue weighted by Gasteiger charge is 2.29. The summed E-state index contributed by atoms with van der Waals surface area (Å²) in [7, 11) is 2.12. The molecule has 8 heteroatoms. The molecule has 1 aliphatic heterocycles. The molecule has 1 fully saturated rings. The minimum Gasteiger partial charge on any atom is -0.354 e. The van der Waals surface area contributed by atoms with Crippen LogP contribution in [0, 0.1) is 5.92 Å². The highest BCUT2D eigenvalue weighted by molar-refractivity contribution is 5.95. The summed E-state index contributed by atoms with van der Waals surface area (Å²) in [6.07, 6.45) is 1.71. The van der Waals surface area contributed by atoms with E-state index in [9.17, 15) is 4.79 Å². The van der Waals surface area contributed by atoms with Crippen molar-refractivity contribution in [3.05, 3.63) is 23.9 Å². The molecule has 0 radical (unpaired) electrons. The Labute approximate surface area is 163 Å². The molecule has 1 atom stereocenters. The first-order chi connectivity index (χ1) is 10.9. The third-order valence-electron chi connectivity index (χ3n) is 4.93. The molecule has 1 amide bonds. The van der Waals surface area contributed by atoms with Crippen molar-refractivity contribution in [2.24, 2.45) is 11.7 Å². The van der Waals surface area contributed by atoms with Crippen molar-refractivity contribution in [2.75, 3.05) is 44.7 Å². The van der Waals surface area contributed by atoms with E-state index in [4.69, 9.17) is 5.73 Å². The SMILES string of the molecule is CC(C)C(C)(CN)NC(=O)c1ccnc(N2CCN(C)CC2)c1.Cl.Cl. The van der Waals surface area contributed by atoms with Gasteiger partial charge in [-0.3, -0.25) is 4.79 Å². The number of nitrogens with one attached hydrogen (secondary N) is 1. The Hall–Kier alpha value is -1.08. The fourth-order valence-electron chi connectivity index (χ4n) is 2.53. The molecule has 1 saturated heterocycles. The summed E-state index contributed by atoms with van der Waals surface area (Å²) in [6.45, 7) is 10.4. The minimum absolute atomic E-state index is 0. The summed E-state index contributed by atoms with van der Waals surface area (Å²) in [5, 5.41) is 3.08. The van der Waals surface area contributed by atoms with Crippen LogP contribution < -0.4 is 16.0 Å². The molecule has 1 aromatic heterocycles. The maximum Gasteiger partial charge on any atom is 0.251 e. The fourth-order valence-corrected chi connectivity index (χ4v) is 2.53. The number of aromatic nitrogens is 1. The molecule has 1 unspecified atom stereocenters. The van der Waals surface area contributed by atoms with Crippen LogP contribution in [0.25, 0.3) is 0 Å². The lowest BCUT2D eigenvalue weighted by molar-refractivity contribution is 0.0883. The lowest BCUT2D eigenvalue weighted by atomic mass is 9.88. The molecule has 2 heterocycles. The quantitative estimate of drug-likeness (QED) is 0.799. The average Bonchev–Trinajstić information content (AvgIpc) is 2.55. The third-order valence-corrected chi connectivity index (χ3v) is 4.93. The Bertz CT molecular complexity index is 550. The summed E-state index contributed by atoms with van der Waals surface area (Å²) < 4.78 is 0. The number of hydrogen-bond acceptors (Lipinski definition) is 5. The molecule has 1 aliphatic rings.